The fraction of sp³-hybridized carbons (Fsp3) is 0.632. The van der Waals surface area contributed by atoms with Crippen LogP contribution in [-0.4, -0.2) is 39.2 Å². The van der Waals surface area contributed by atoms with Crippen LogP contribution in [0.25, 0.3) is 0 Å². The Morgan fingerprint density at radius 3 is 2.36 bits per heavy atom. The molecule has 1 fully saturated rings. The van der Waals surface area contributed by atoms with Crippen molar-refractivity contribution in [3.8, 4) is 0 Å². The van der Waals surface area contributed by atoms with Gasteiger partial charge in [-0.2, -0.15) is 8.78 Å². The van der Waals surface area contributed by atoms with E-state index < -0.39 is 50.6 Å². The van der Waals surface area contributed by atoms with Gasteiger partial charge < -0.3 is 14.5 Å². The van der Waals surface area contributed by atoms with Gasteiger partial charge in [0, 0.05) is 5.56 Å². The lowest BCUT2D eigenvalue weighted by Crippen LogP contribution is -2.65. The van der Waals surface area contributed by atoms with E-state index in [0.717, 1.165) is 13.0 Å². The molecule has 158 valence electrons. The number of hydrogen-bond acceptors (Lipinski definition) is 3. The van der Waals surface area contributed by atoms with Crippen LogP contribution in [0.3, 0.4) is 0 Å². The van der Waals surface area contributed by atoms with E-state index in [9.17, 15) is 18.0 Å². The van der Waals surface area contributed by atoms with E-state index in [1.807, 2.05) is 20.8 Å². The molecule has 28 heavy (non-hydrogen) atoms. The largest absolute Gasteiger partial charge is 0.436 e. The van der Waals surface area contributed by atoms with Gasteiger partial charge in [-0.25, -0.2) is 13.6 Å². The molecular weight excluding hydrogens is 394 g/mol. The minimum absolute atomic E-state index is 0.231. The molecule has 1 amide bonds. The Balaban J connectivity index is 2.31. The second-order valence-electron chi connectivity index (χ2n) is 8.84. The van der Waals surface area contributed by atoms with Gasteiger partial charge in [-0.05, 0) is 31.1 Å². The van der Waals surface area contributed by atoms with Crippen molar-refractivity contribution in [3.05, 3.63) is 35.6 Å². The molecule has 2 rings (SSSR count). The topological polar surface area (TPSA) is 47.6 Å². The number of hydrogen-bond donors (Lipinski definition) is 1. The Labute approximate surface area is 163 Å². The third-order valence-corrected chi connectivity index (χ3v) is 10.2. The van der Waals surface area contributed by atoms with Crippen LogP contribution in [0.4, 0.5) is 22.4 Å². The second-order valence-corrected chi connectivity index (χ2v) is 13.7. The molecule has 0 spiro atoms. The van der Waals surface area contributed by atoms with Crippen LogP contribution in [-0.2, 0) is 14.7 Å². The van der Waals surface area contributed by atoms with E-state index in [0.29, 0.717) is 0 Å². The maximum Gasteiger partial charge on any atom is 0.408 e. The van der Waals surface area contributed by atoms with E-state index in [4.69, 9.17) is 4.43 Å². The monoisotopic (exact) mass is 421 g/mol. The normalized spacial score (nSPS) is 26.6. The van der Waals surface area contributed by atoms with Crippen molar-refractivity contribution < 1.29 is 31.5 Å². The molecule has 0 saturated carbocycles. The number of halogens is 4. The molecular formula is C19H27F4NO3Si. The van der Waals surface area contributed by atoms with Crippen LogP contribution in [0.2, 0.25) is 18.1 Å². The second kappa shape index (κ2) is 7.33. The molecule has 1 N–H and O–H groups in total. The number of benzene rings is 1. The van der Waals surface area contributed by atoms with Gasteiger partial charge in [-0.3, -0.25) is 0 Å². The van der Waals surface area contributed by atoms with Crippen molar-refractivity contribution in [3.63, 3.8) is 0 Å². The number of carbonyl (C=O) groups excluding carboxylic acids is 1. The number of alkyl carbamates (subject to hydrolysis) is 1. The zero-order valence-corrected chi connectivity index (χ0v) is 17.9. The lowest BCUT2D eigenvalue weighted by molar-refractivity contribution is -0.181. The first-order valence-corrected chi connectivity index (χ1v) is 11.9. The van der Waals surface area contributed by atoms with Crippen molar-refractivity contribution in [2.45, 2.75) is 69.6 Å². The third-order valence-electron chi connectivity index (χ3n) is 5.69. The fourth-order valence-corrected chi connectivity index (χ4v) is 3.75. The quantitative estimate of drug-likeness (QED) is 0.529. The van der Waals surface area contributed by atoms with Crippen LogP contribution in [0.15, 0.2) is 24.3 Å². The highest BCUT2D eigenvalue weighted by Gasteiger charge is 2.59. The Bertz CT molecular complexity index is 738. The lowest BCUT2D eigenvalue weighted by atomic mass is 9.82. The summed E-state index contributed by atoms with van der Waals surface area (Å²) in [6.07, 6.45) is -6.05. The van der Waals surface area contributed by atoms with Gasteiger partial charge in [0.15, 0.2) is 14.5 Å². The average Bonchev–Trinajstić information content (AvgIpc) is 2.55. The minimum atomic E-state index is -3.79. The molecule has 0 unspecified atom stereocenters. The number of rotatable bonds is 5. The summed E-state index contributed by atoms with van der Waals surface area (Å²) in [5.41, 5.74) is -2.24. The number of ether oxygens (including phenoxy) is 1. The molecule has 0 bridgehead atoms. The van der Waals surface area contributed by atoms with Crippen LogP contribution in [0.5, 0.6) is 0 Å². The van der Waals surface area contributed by atoms with Crippen molar-refractivity contribution >= 4 is 14.4 Å². The van der Waals surface area contributed by atoms with Gasteiger partial charge in [0.2, 0.25) is 6.10 Å². The summed E-state index contributed by atoms with van der Waals surface area (Å²) in [4.78, 5) is 11.9. The number of nitrogens with one attached hydrogen (secondary N) is 1. The summed E-state index contributed by atoms with van der Waals surface area (Å²) in [7, 11) is -2.54. The zero-order valence-electron chi connectivity index (χ0n) is 16.9. The van der Waals surface area contributed by atoms with Crippen molar-refractivity contribution in [1.29, 1.82) is 0 Å². The predicted molar refractivity (Wildman–Crippen MR) is 100 cm³/mol. The van der Waals surface area contributed by atoms with Crippen molar-refractivity contribution in [1.82, 2.24) is 5.32 Å². The first kappa shape index (κ1) is 22.7. The van der Waals surface area contributed by atoms with E-state index in [-0.39, 0.29) is 10.6 Å². The summed E-state index contributed by atoms with van der Waals surface area (Å²) < 4.78 is 69.3. The van der Waals surface area contributed by atoms with Crippen LogP contribution in [0.1, 0.15) is 33.3 Å². The molecule has 9 heteroatoms. The van der Waals surface area contributed by atoms with Gasteiger partial charge >= 0.3 is 12.0 Å². The fourth-order valence-electron chi connectivity index (χ4n) is 2.76. The number of carbonyl (C=O) groups is 1. The molecule has 0 radical (unpaired) electrons. The minimum Gasteiger partial charge on any atom is -0.436 e. The molecule has 1 aliphatic heterocycles. The highest BCUT2D eigenvalue weighted by molar-refractivity contribution is 6.74. The van der Waals surface area contributed by atoms with E-state index >= 15 is 4.39 Å². The number of cyclic esters (lactones) is 1. The standard InChI is InChI=1S/C19H27F4NO3Si/c1-17(2,3)28(5,6)26-11-19(22,23)15-14(21)18(4,24-16(25)27-15)12-9-7-8-10-13(12)20/h7-10,14-15H,11H2,1-6H3,(H,24,25)/t14-,15-,18+/m0/s1. The Hall–Kier alpha value is -1.61. The lowest BCUT2D eigenvalue weighted by Gasteiger charge is -2.45. The molecule has 3 atom stereocenters. The molecule has 1 aromatic carbocycles. The van der Waals surface area contributed by atoms with Gasteiger partial charge in [0.05, 0.1) is 0 Å². The molecule has 4 nitrogen and oxygen atoms in total. The summed E-state index contributed by atoms with van der Waals surface area (Å²) in [5, 5.41) is 1.83. The smallest absolute Gasteiger partial charge is 0.408 e. The van der Waals surface area contributed by atoms with Crippen LogP contribution in [0, 0.1) is 5.82 Å². The van der Waals surface area contributed by atoms with Gasteiger partial charge in [-0.1, -0.05) is 39.0 Å². The van der Waals surface area contributed by atoms with Crippen LogP contribution < -0.4 is 5.32 Å². The summed E-state index contributed by atoms with van der Waals surface area (Å²) in [5.74, 6) is -4.60. The molecule has 0 aromatic heterocycles. The molecule has 1 aromatic rings. The summed E-state index contributed by atoms with van der Waals surface area (Å²) in [6.45, 7) is 9.30. The Kier molecular flexibility index (Phi) is 5.94. The summed E-state index contributed by atoms with van der Waals surface area (Å²) >= 11 is 0. The van der Waals surface area contributed by atoms with E-state index in [2.05, 4.69) is 10.1 Å². The SMILES string of the molecule is CC(C)(C)[Si](C)(C)OCC(F)(F)[C@H]1OC(=O)N[C@](C)(c2ccccc2F)[C@H]1F. The molecule has 1 saturated heterocycles. The first-order valence-electron chi connectivity index (χ1n) is 9.01. The van der Waals surface area contributed by atoms with Gasteiger partial charge in [-0.15, -0.1) is 0 Å². The number of alkyl halides is 3. The Morgan fingerprint density at radius 1 is 1.25 bits per heavy atom. The number of amides is 1. The highest BCUT2D eigenvalue weighted by atomic mass is 28.4. The maximum absolute atomic E-state index is 15.3. The molecule has 1 aliphatic rings. The zero-order chi connectivity index (χ0) is 21.5. The van der Waals surface area contributed by atoms with Crippen molar-refractivity contribution in [2.75, 3.05) is 6.61 Å². The third kappa shape index (κ3) is 4.20. The molecule has 1 heterocycles. The van der Waals surface area contributed by atoms with Crippen LogP contribution >= 0.6 is 0 Å². The average molecular weight is 422 g/mol. The Morgan fingerprint density at radius 2 is 1.82 bits per heavy atom. The maximum atomic E-state index is 15.3. The van der Waals surface area contributed by atoms with E-state index in [1.54, 1.807) is 13.1 Å². The van der Waals surface area contributed by atoms with Gasteiger partial charge in [0.1, 0.15) is 18.0 Å². The first-order chi connectivity index (χ1) is 12.6. The van der Waals surface area contributed by atoms with Crippen molar-refractivity contribution in [2.24, 2.45) is 0 Å². The predicted octanol–water partition coefficient (Wildman–Crippen LogP) is 5.14. The highest BCUT2D eigenvalue weighted by Crippen LogP contribution is 2.42. The summed E-state index contributed by atoms with van der Waals surface area (Å²) in [6, 6.07) is 5.14. The van der Waals surface area contributed by atoms with E-state index in [1.165, 1.54) is 18.2 Å². The molecule has 0 aliphatic carbocycles. The van der Waals surface area contributed by atoms with Gasteiger partial charge in [0.25, 0.3) is 0 Å².